The first kappa shape index (κ1) is 20.7. The molecule has 160 valence electrons. The van der Waals surface area contributed by atoms with Gasteiger partial charge in [0.25, 0.3) is 5.91 Å². The quantitative estimate of drug-likeness (QED) is 0.732. The van der Waals surface area contributed by atoms with Gasteiger partial charge in [0.2, 0.25) is 5.91 Å². The van der Waals surface area contributed by atoms with Crippen LogP contribution in [-0.2, 0) is 9.53 Å². The Morgan fingerprint density at radius 2 is 2.10 bits per heavy atom. The van der Waals surface area contributed by atoms with E-state index in [-0.39, 0.29) is 29.4 Å². The summed E-state index contributed by atoms with van der Waals surface area (Å²) in [6, 6.07) is 5.79. The zero-order chi connectivity index (χ0) is 20.9. The van der Waals surface area contributed by atoms with Gasteiger partial charge >= 0.3 is 0 Å². The van der Waals surface area contributed by atoms with E-state index in [1.807, 2.05) is 0 Å². The molecule has 30 heavy (non-hydrogen) atoms. The number of halogens is 1. The molecule has 3 heterocycles. The second kappa shape index (κ2) is 9.53. The van der Waals surface area contributed by atoms with Gasteiger partial charge in [0.1, 0.15) is 17.6 Å². The second-order valence-electron chi connectivity index (χ2n) is 7.53. The standard InChI is InChI=1S/C21H25FN4O3S/c22-15-7-1-2-8-16(15)24-21-25-17(13-30-21)20(28)26-10-4-3-9-18(26)19(27)23-12-14-6-5-11-29-14/h1-2,7-8,13-14,18H,3-6,9-12H2,(H,23,27)(H,24,25). The zero-order valence-corrected chi connectivity index (χ0v) is 17.4. The maximum atomic E-state index is 13.8. The highest BCUT2D eigenvalue weighted by Gasteiger charge is 2.34. The summed E-state index contributed by atoms with van der Waals surface area (Å²) in [6.07, 6.45) is 4.41. The van der Waals surface area contributed by atoms with Crippen LogP contribution in [0.15, 0.2) is 29.6 Å². The summed E-state index contributed by atoms with van der Waals surface area (Å²) < 4.78 is 19.4. The molecular formula is C21H25FN4O3S. The Hall–Kier alpha value is -2.52. The van der Waals surface area contributed by atoms with E-state index in [0.717, 1.165) is 32.3 Å². The Morgan fingerprint density at radius 1 is 1.23 bits per heavy atom. The summed E-state index contributed by atoms with van der Waals surface area (Å²) in [7, 11) is 0. The van der Waals surface area contributed by atoms with Gasteiger partial charge in [0.05, 0.1) is 11.8 Å². The fourth-order valence-corrected chi connectivity index (χ4v) is 4.54. The molecule has 0 radical (unpaired) electrons. The van der Waals surface area contributed by atoms with Gasteiger partial charge in [0.15, 0.2) is 5.13 Å². The average Bonchev–Trinajstić information content (AvgIpc) is 3.45. The smallest absolute Gasteiger partial charge is 0.274 e. The van der Waals surface area contributed by atoms with E-state index < -0.39 is 6.04 Å². The Kier molecular flexibility index (Phi) is 6.59. The molecule has 2 saturated heterocycles. The number of nitrogens with zero attached hydrogens (tertiary/aromatic N) is 2. The number of nitrogens with one attached hydrogen (secondary N) is 2. The number of thiazole rings is 1. The number of carbonyl (C=O) groups excluding carboxylic acids is 2. The van der Waals surface area contributed by atoms with Crippen LogP contribution in [0.5, 0.6) is 0 Å². The van der Waals surface area contributed by atoms with Crippen LogP contribution >= 0.6 is 11.3 Å². The third-order valence-corrected chi connectivity index (χ3v) is 6.19. The minimum atomic E-state index is -0.502. The lowest BCUT2D eigenvalue weighted by Crippen LogP contribution is -2.52. The average molecular weight is 433 g/mol. The molecule has 2 amide bonds. The van der Waals surface area contributed by atoms with Gasteiger partial charge in [-0.2, -0.15) is 0 Å². The van der Waals surface area contributed by atoms with Crippen LogP contribution in [-0.4, -0.2) is 53.5 Å². The number of hydrogen-bond donors (Lipinski definition) is 2. The predicted molar refractivity (Wildman–Crippen MR) is 112 cm³/mol. The summed E-state index contributed by atoms with van der Waals surface area (Å²) in [6.45, 7) is 1.73. The summed E-state index contributed by atoms with van der Waals surface area (Å²) in [4.78, 5) is 31.8. The molecular weight excluding hydrogens is 407 g/mol. The van der Waals surface area contributed by atoms with Crippen molar-refractivity contribution in [3.05, 3.63) is 41.2 Å². The van der Waals surface area contributed by atoms with Crippen LogP contribution in [0.1, 0.15) is 42.6 Å². The van der Waals surface area contributed by atoms with E-state index in [2.05, 4.69) is 15.6 Å². The van der Waals surface area contributed by atoms with E-state index in [0.29, 0.717) is 30.3 Å². The molecule has 2 aliphatic heterocycles. The summed E-state index contributed by atoms with van der Waals surface area (Å²) >= 11 is 1.23. The molecule has 2 aromatic rings. The van der Waals surface area contributed by atoms with Gasteiger partial charge in [-0.15, -0.1) is 11.3 Å². The zero-order valence-electron chi connectivity index (χ0n) is 16.6. The second-order valence-corrected chi connectivity index (χ2v) is 8.39. The highest BCUT2D eigenvalue weighted by molar-refractivity contribution is 7.14. The fourth-order valence-electron chi connectivity index (χ4n) is 3.84. The van der Waals surface area contributed by atoms with Gasteiger partial charge in [-0.1, -0.05) is 12.1 Å². The van der Waals surface area contributed by atoms with Crippen molar-refractivity contribution in [3.63, 3.8) is 0 Å². The third kappa shape index (κ3) is 4.79. The number of hydrogen-bond acceptors (Lipinski definition) is 6. The molecule has 7 nitrogen and oxygen atoms in total. The molecule has 2 fully saturated rings. The Morgan fingerprint density at radius 3 is 2.90 bits per heavy atom. The largest absolute Gasteiger partial charge is 0.376 e. The minimum Gasteiger partial charge on any atom is -0.376 e. The number of aromatic nitrogens is 1. The molecule has 0 saturated carbocycles. The Bertz CT molecular complexity index is 900. The lowest BCUT2D eigenvalue weighted by atomic mass is 10.0. The van der Waals surface area contributed by atoms with Crippen molar-refractivity contribution in [3.8, 4) is 0 Å². The maximum absolute atomic E-state index is 13.8. The first-order valence-electron chi connectivity index (χ1n) is 10.3. The summed E-state index contributed by atoms with van der Waals surface area (Å²) in [5.41, 5.74) is 0.563. The number of anilines is 2. The molecule has 1 aromatic heterocycles. The van der Waals surface area contributed by atoms with Crippen molar-refractivity contribution >= 4 is 34.0 Å². The molecule has 2 unspecified atom stereocenters. The number of piperidine rings is 1. The number of ether oxygens (including phenoxy) is 1. The maximum Gasteiger partial charge on any atom is 0.274 e. The third-order valence-electron chi connectivity index (χ3n) is 5.43. The highest BCUT2D eigenvalue weighted by atomic mass is 32.1. The first-order valence-corrected chi connectivity index (χ1v) is 11.2. The summed E-state index contributed by atoms with van der Waals surface area (Å²) in [5.74, 6) is -0.803. The number of para-hydroxylation sites is 1. The first-order chi connectivity index (χ1) is 14.6. The predicted octanol–water partition coefficient (Wildman–Crippen LogP) is 3.32. The summed E-state index contributed by atoms with van der Waals surface area (Å²) in [5, 5.41) is 7.92. The minimum absolute atomic E-state index is 0.0623. The van der Waals surface area contributed by atoms with Crippen molar-refractivity contribution < 1.29 is 18.7 Å². The monoisotopic (exact) mass is 432 g/mol. The van der Waals surface area contributed by atoms with E-state index >= 15 is 0 Å². The van der Waals surface area contributed by atoms with E-state index in [9.17, 15) is 14.0 Å². The van der Waals surface area contributed by atoms with Crippen molar-refractivity contribution in [1.29, 1.82) is 0 Å². The van der Waals surface area contributed by atoms with Crippen LogP contribution in [0.4, 0.5) is 15.2 Å². The van der Waals surface area contributed by atoms with E-state index in [1.165, 1.54) is 17.4 Å². The van der Waals surface area contributed by atoms with Crippen LogP contribution < -0.4 is 10.6 Å². The SMILES string of the molecule is O=C(NCC1CCCO1)C1CCCCN1C(=O)c1csc(Nc2ccccc2F)n1. The molecule has 4 rings (SSSR count). The molecule has 1 aromatic carbocycles. The number of benzene rings is 1. The normalized spacial score (nSPS) is 21.4. The molecule has 0 aliphatic carbocycles. The van der Waals surface area contributed by atoms with Crippen molar-refractivity contribution in [2.45, 2.75) is 44.2 Å². The molecule has 0 spiro atoms. The van der Waals surface area contributed by atoms with Crippen molar-refractivity contribution in [2.24, 2.45) is 0 Å². The van der Waals surface area contributed by atoms with Gasteiger partial charge in [-0.3, -0.25) is 9.59 Å². The number of amides is 2. The van der Waals surface area contributed by atoms with Gasteiger partial charge in [-0.05, 0) is 44.2 Å². The van der Waals surface area contributed by atoms with Crippen molar-refractivity contribution in [1.82, 2.24) is 15.2 Å². The highest BCUT2D eigenvalue weighted by Crippen LogP contribution is 2.25. The lowest BCUT2D eigenvalue weighted by Gasteiger charge is -2.34. The van der Waals surface area contributed by atoms with Gasteiger partial charge in [-0.25, -0.2) is 9.37 Å². The van der Waals surface area contributed by atoms with Crippen LogP contribution in [0.25, 0.3) is 0 Å². The lowest BCUT2D eigenvalue weighted by molar-refractivity contribution is -0.127. The Labute approximate surface area is 178 Å². The fraction of sp³-hybridized carbons (Fsp3) is 0.476. The Balaban J connectivity index is 1.41. The number of likely N-dealkylation sites (tertiary alicyclic amines) is 1. The number of carbonyl (C=O) groups is 2. The van der Waals surface area contributed by atoms with E-state index in [1.54, 1.807) is 28.5 Å². The van der Waals surface area contributed by atoms with Gasteiger partial charge in [0, 0.05) is 25.1 Å². The topological polar surface area (TPSA) is 83.6 Å². The number of rotatable bonds is 6. The molecule has 2 N–H and O–H groups in total. The molecule has 2 atom stereocenters. The van der Waals surface area contributed by atoms with E-state index in [4.69, 9.17) is 4.74 Å². The molecule has 9 heteroatoms. The van der Waals surface area contributed by atoms with Gasteiger partial charge < -0.3 is 20.3 Å². The van der Waals surface area contributed by atoms with Crippen LogP contribution in [0.3, 0.4) is 0 Å². The molecule has 0 bridgehead atoms. The van der Waals surface area contributed by atoms with Crippen molar-refractivity contribution in [2.75, 3.05) is 25.0 Å². The van der Waals surface area contributed by atoms with Crippen LogP contribution in [0, 0.1) is 5.82 Å². The molecule has 2 aliphatic rings. The van der Waals surface area contributed by atoms with Crippen LogP contribution in [0.2, 0.25) is 0 Å².